The van der Waals surface area contributed by atoms with Crippen LogP contribution in [0.15, 0.2) is 0 Å². The van der Waals surface area contributed by atoms with Crippen LogP contribution in [-0.2, 0) is 4.74 Å². The lowest BCUT2D eigenvalue weighted by Gasteiger charge is -2.35. The maximum Gasteiger partial charge on any atom is 0.411 e. The molecule has 1 aliphatic heterocycles. The topological polar surface area (TPSA) is 49.8 Å². The zero-order valence-corrected chi connectivity index (χ0v) is 5.20. The number of rotatable bonds is 0. The van der Waals surface area contributed by atoms with Crippen molar-refractivity contribution in [2.45, 2.75) is 12.6 Å². The molecule has 0 saturated carbocycles. The molecule has 1 fully saturated rings. The second kappa shape index (κ2) is 2.23. The second-order valence-electron chi connectivity index (χ2n) is 1.93. The zero-order chi connectivity index (χ0) is 6.85. The van der Waals surface area contributed by atoms with E-state index in [2.05, 4.69) is 4.74 Å². The lowest BCUT2D eigenvalue weighted by Crippen LogP contribution is -2.50. The fourth-order valence-electron chi connectivity index (χ4n) is 0.704. The van der Waals surface area contributed by atoms with Gasteiger partial charge in [-0.05, 0) is 0 Å². The van der Waals surface area contributed by atoms with Crippen LogP contribution in [-0.4, -0.2) is 36.0 Å². The molecule has 52 valence electrons. The van der Waals surface area contributed by atoms with Gasteiger partial charge in [0, 0.05) is 13.0 Å². The quantitative estimate of drug-likeness (QED) is 0.494. The third kappa shape index (κ3) is 0.977. The third-order valence-electron chi connectivity index (χ3n) is 1.40. The van der Waals surface area contributed by atoms with Crippen molar-refractivity contribution in [3.63, 3.8) is 0 Å². The normalized spacial score (nSPS) is 25.1. The third-order valence-corrected chi connectivity index (χ3v) is 1.40. The van der Waals surface area contributed by atoms with E-state index in [1.807, 2.05) is 0 Å². The molecule has 0 spiro atoms. The Morgan fingerprint density at radius 3 is 2.67 bits per heavy atom. The summed E-state index contributed by atoms with van der Waals surface area (Å²) in [6, 6.07) is 0. The Bertz CT molecular complexity index is 125. The van der Waals surface area contributed by atoms with E-state index in [4.69, 9.17) is 5.11 Å². The van der Waals surface area contributed by atoms with Crippen molar-refractivity contribution >= 4 is 6.09 Å². The summed E-state index contributed by atoms with van der Waals surface area (Å²) in [6.45, 7) is 0.605. The predicted molar refractivity (Wildman–Crippen MR) is 29.7 cm³/mol. The second-order valence-corrected chi connectivity index (χ2v) is 1.93. The molecule has 4 heteroatoms. The van der Waals surface area contributed by atoms with Gasteiger partial charge in [0.25, 0.3) is 0 Å². The van der Waals surface area contributed by atoms with Gasteiger partial charge in [-0.25, -0.2) is 4.79 Å². The first-order valence-electron chi connectivity index (χ1n) is 2.78. The van der Waals surface area contributed by atoms with Gasteiger partial charge in [-0.2, -0.15) is 0 Å². The summed E-state index contributed by atoms with van der Waals surface area (Å²) in [4.78, 5) is 11.8. The maximum absolute atomic E-state index is 10.5. The van der Waals surface area contributed by atoms with E-state index >= 15 is 0 Å². The molecule has 0 aromatic rings. The standard InChI is InChI=1S/C5H9NO3/c1-9-5(8)6-3-2-4(6)7/h4,7H,2-3H2,1H3. The summed E-state index contributed by atoms with van der Waals surface area (Å²) in [5.41, 5.74) is 0. The number of amides is 1. The first-order chi connectivity index (χ1) is 4.25. The zero-order valence-electron chi connectivity index (χ0n) is 5.20. The van der Waals surface area contributed by atoms with Crippen molar-refractivity contribution < 1.29 is 14.6 Å². The van der Waals surface area contributed by atoms with Gasteiger partial charge in [-0.15, -0.1) is 0 Å². The molecule has 0 aromatic heterocycles. The Morgan fingerprint density at radius 1 is 1.89 bits per heavy atom. The Morgan fingerprint density at radius 2 is 2.56 bits per heavy atom. The number of carbonyl (C=O) groups excluding carboxylic acids is 1. The Balaban J connectivity index is 2.35. The lowest BCUT2D eigenvalue weighted by molar-refractivity contribution is -0.0592. The first kappa shape index (κ1) is 6.35. The van der Waals surface area contributed by atoms with E-state index < -0.39 is 12.3 Å². The fraction of sp³-hybridized carbons (Fsp3) is 0.800. The Hall–Kier alpha value is -0.770. The van der Waals surface area contributed by atoms with Crippen molar-refractivity contribution in [2.24, 2.45) is 0 Å². The smallest absolute Gasteiger partial charge is 0.411 e. The van der Waals surface area contributed by atoms with Crippen LogP contribution in [0.4, 0.5) is 4.79 Å². The minimum Gasteiger partial charge on any atom is -0.453 e. The highest BCUT2D eigenvalue weighted by Gasteiger charge is 2.30. The van der Waals surface area contributed by atoms with Gasteiger partial charge in [0.2, 0.25) is 0 Å². The molecule has 0 radical (unpaired) electrons. The van der Waals surface area contributed by atoms with Crippen molar-refractivity contribution in [1.82, 2.24) is 4.90 Å². The lowest BCUT2D eigenvalue weighted by atomic mass is 10.2. The number of ether oxygens (including phenoxy) is 1. The molecule has 9 heavy (non-hydrogen) atoms. The van der Waals surface area contributed by atoms with Gasteiger partial charge in [0.05, 0.1) is 7.11 Å². The van der Waals surface area contributed by atoms with Crippen LogP contribution in [0.1, 0.15) is 6.42 Å². The number of carbonyl (C=O) groups is 1. The van der Waals surface area contributed by atoms with Crippen molar-refractivity contribution in [3.05, 3.63) is 0 Å². The minimum atomic E-state index is -0.613. The summed E-state index contributed by atoms with van der Waals surface area (Å²) in [5, 5.41) is 8.83. The van der Waals surface area contributed by atoms with Crippen molar-refractivity contribution in [3.8, 4) is 0 Å². The molecule has 1 aliphatic rings. The van der Waals surface area contributed by atoms with Gasteiger partial charge in [-0.1, -0.05) is 0 Å². The maximum atomic E-state index is 10.5. The van der Waals surface area contributed by atoms with E-state index in [1.165, 1.54) is 12.0 Å². The number of hydrogen-bond donors (Lipinski definition) is 1. The van der Waals surface area contributed by atoms with Crippen LogP contribution in [0.25, 0.3) is 0 Å². The molecular formula is C5H9NO3. The van der Waals surface area contributed by atoms with Crippen LogP contribution in [0.2, 0.25) is 0 Å². The Labute approximate surface area is 53.0 Å². The van der Waals surface area contributed by atoms with Crippen LogP contribution in [0.3, 0.4) is 0 Å². The Kier molecular flexibility index (Phi) is 1.57. The van der Waals surface area contributed by atoms with Crippen LogP contribution in [0.5, 0.6) is 0 Å². The van der Waals surface area contributed by atoms with E-state index in [9.17, 15) is 4.79 Å². The van der Waals surface area contributed by atoms with E-state index in [0.29, 0.717) is 13.0 Å². The monoisotopic (exact) mass is 131 g/mol. The van der Waals surface area contributed by atoms with Crippen LogP contribution < -0.4 is 0 Å². The number of hydrogen-bond acceptors (Lipinski definition) is 3. The summed E-state index contributed by atoms with van der Waals surface area (Å²) in [5.74, 6) is 0. The number of aliphatic hydroxyl groups excluding tert-OH is 1. The highest BCUT2D eigenvalue weighted by Crippen LogP contribution is 2.14. The molecule has 1 N–H and O–H groups in total. The SMILES string of the molecule is COC(=O)N1CCC1O. The van der Waals surface area contributed by atoms with Crippen molar-refractivity contribution in [1.29, 1.82) is 0 Å². The minimum absolute atomic E-state index is 0.450. The molecule has 1 unspecified atom stereocenters. The van der Waals surface area contributed by atoms with Crippen molar-refractivity contribution in [2.75, 3.05) is 13.7 Å². The van der Waals surface area contributed by atoms with Gasteiger partial charge < -0.3 is 9.84 Å². The highest BCUT2D eigenvalue weighted by molar-refractivity contribution is 5.68. The molecule has 1 rings (SSSR count). The van der Waals surface area contributed by atoms with Gasteiger partial charge in [0.1, 0.15) is 6.23 Å². The number of likely N-dealkylation sites (tertiary alicyclic amines) is 1. The summed E-state index contributed by atoms with van der Waals surface area (Å²) >= 11 is 0. The largest absolute Gasteiger partial charge is 0.453 e. The first-order valence-corrected chi connectivity index (χ1v) is 2.78. The molecule has 1 saturated heterocycles. The summed E-state index contributed by atoms with van der Waals surface area (Å²) < 4.78 is 4.35. The fourth-order valence-corrected chi connectivity index (χ4v) is 0.704. The van der Waals surface area contributed by atoms with E-state index in [-0.39, 0.29) is 0 Å². The molecule has 1 heterocycles. The number of aliphatic hydroxyl groups is 1. The molecular weight excluding hydrogens is 122 g/mol. The average Bonchev–Trinajstić information content (AvgIpc) is 1.84. The van der Waals surface area contributed by atoms with Gasteiger partial charge >= 0.3 is 6.09 Å². The average molecular weight is 131 g/mol. The molecule has 0 bridgehead atoms. The molecule has 0 aliphatic carbocycles. The van der Waals surface area contributed by atoms with Crippen LogP contribution >= 0.6 is 0 Å². The number of nitrogens with zero attached hydrogens (tertiary/aromatic N) is 1. The predicted octanol–water partition coefficient (Wildman–Crippen LogP) is -0.223. The molecule has 4 nitrogen and oxygen atoms in total. The number of methoxy groups -OCH3 is 1. The summed E-state index contributed by atoms with van der Waals surface area (Å²) in [6.07, 6.45) is -0.402. The molecule has 1 atom stereocenters. The highest BCUT2D eigenvalue weighted by atomic mass is 16.5. The molecule has 1 amide bonds. The van der Waals surface area contributed by atoms with E-state index in [0.717, 1.165) is 0 Å². The van der Waals surface area contributed by atoms with Gasteiger partial charge in [-0.3, -0.25) is 4.90 Å². The summed E-state index contributed by atoms with van der Waals surface area (Å²) in [7, 11) is 1.30. The van der Waals surface area contributed by atoms with Crippen LogP contribution in [0, 0.1) is 0 Å². The molecule has 0 aromatic carbocycles. The van der Waals surface area contributed by atoms with Gasteiger partial charge in [0.15, 0.2) is 0 Å². The van der Waals surface area contributed by atoms with E-state index in [1.54, 1.807) is 0 Å².